The molecule has 8 heteroatoms. The van der Waals surface area contributed by atoms with Crippen molar-refractivity contribution in [3.8, 4) is 5.75 Å². The molecule has 0 aliphatic carbocycles. The van der Waals surface area contributed by atoms with Crippen molar-refractivity contribution in [3.05, 3.63) is 22.7 Å². The van der Waals surface area contributed by atoms with Crippen LogP contribution in [0.25, 0.3) is 0 Å². The SMILES string of the molecule is COc1ccc(S(=O)(=O)NC2CC3CCC(C2)N3)c(Br)c1.Cl. The fourth-order valence-electron chi connectivity index (χ4n) is 3.26. The van der Waals surface area contributed by atoms with E-state index < -0.39 is 10.0 Å². The van der Waals surface area contributed by atoms with E-state index in [2.05, 4.69) is 26.0 Å². The lowest BCUT2D eigenvalue weighted by Gasteiger charge is -2.29. The zero-order valence-corrected chi connectivity index (χ0v) is 15.4. The lowest BCUT2D eigenvalue weighted by atomic mass is 10.0. The van der Waals surface area contributed by atoms with E-state index in [0.29, 0.717) is 22.3 Å². The quantitative estimate of drug-likeness (QED) is 0.798. The van der Waals surface area contributed by atoms with Crippen molar-refractivity contribution in [1.29, 1.82) is 0 Å². The summed E-state index contributed by atoms with van der Waals surface area (Å²) in [6, 6.07) is 5.82. The van der Waals surface area contributed by atoms with Gasteiger partial charge in [-0.15, -0.1) is 12.4 Å². The molecule has 0 amide bonds. The Morgan fingerprint density at radius 3 is 2.45 bits per heavy atom. The third-order valence-corrected chi connectivity index (χ3v) is 6.72. The van der Waals surface area contributed by atoms with E-state index in [1.165, 1.54) is 0 Å². The number of benzene rings is 1. The number of methoxy groups -OCH3 is 1. The van der Waals surface area contributed by atoms with E-state index in [1.54, 1.807) is 25.3 Å². The molecule has 2 unspecified atom stereocenters. The predicted octanol–water partition coefficient (Wildman–Crippen LogP) is 2.44. The molecule has 0 radical (unpaired) electrons. The standard InChI is InChI=1S/C14H19BrN2O3S.ClH/c1-20-12-4-5-14(13(15)8-12)21(18,19)17-11-6-9-2-3-10(7-11)16-9;/h4-5,8-11,16-17H,2-3,6-7H2,1H3;1H. The van der Waals surface area contributed by atoms with Gasteiger partial charge in [0.2, 0.25) is 10.0 Å². The van der Waals surface area contributed by atoms with Gasteiger partial charge in [0.05, 0.1) is 12.0 Å². The molecule has 124 valence electrons. The van der Waals surface area contributed by atoms with E-state index in [4.69, 9.17) is 4.74 Å². The summed E-state index contributed by atoms with van der Waals surface area (Å²) in [6.07, 6.45) is 4.03. The topological polar surface area (TPSA) is 67.4 Å². The summed E-state index contributed by atoms with van der Waals surface area (Å²) in [6.45, 7) is 0. The Hall–Kier alpha value is -0.340. The van der Waals surface area contributed by atoms with Gasteiger partial charge in [-0.3, -0.25) is 0 Å². The second-order valence-corrected chi connectivity index (χ2v) is 8.26. The molecule has 5 nitrogen and oxygen atoms in total. The van der Waals surface area contributed by atoms with Crippen molar-refractivity contribution >= 4 is 38.4 Å². The van der Waals surface area contributed by atoms with Crippen LogP contribution in [0.15, 0.2) is 27.6 Å². The second-order valence-electron chi connectivity index (χ2n) is 5.72. The van der Waals surface area contributed by atoms with Crippen molar-refractivity contribution in [3.63, 3.8) is 0 Å². The molecule has 0 aromatic heterocycles. The number of halogens is 2. The molecule has 3 rings (SSSR count). The van der Waals surface area contributed by atoms with Crippen molar-refractivity contribution in [2.75, 3.05) is 7.11 Å². The van der Waals surface area contributed by atoms with Crippen LogP contribution in [-0.2, 0) is 10.0 Å². The lowest BCUT2D eigenvalue weighted by molar-refractivity contribution is 0.345. The molecule has 1 aromatic carbocycles. The molecule has 0 saturated carbocycles. The number of sulfonamides is 1. The molecule has 2 atom stereocenters. The third kappa shape index (κ3) is 3.76. The molecule has 1 aromatic rings. The smallest absolute Gasteiger partial charge is 0.241 e. The van der Waals surface area contributed by atoms with Crippen molar-refractivity contribution in [2.45, 2.75) is 48.7 Å². The molecule has 2 saturated heterocycles. The molecule has 2 aliphatic heterocycles. The fourth-order valence-corrected chi connectivity index (χ4v) is 5.58. The van der Waals surface area contributed by atoms with Crippen LogP contribution in [0.3, 0.4) is 0 Å². The van der Waals surface area contributed by atoms with Crippen molar-refractivity contribution in [1.82, 2.24) is 10.0 Å². The summed E-state index contributed by atoms with van der Waals surface area (Å²) < 4.78 is 33.6. The van der Waals surface area contributed by atoms with Gasteiger partial charge in [-0.05, 0) is 59.8 Å². The number of fused-ring (bicyclic) bond motifs is 2. The third-order valence-electron chi connectivity index (χ3n) is 4.22. The van der Waals surface area contributed by atoms with Crippen LogP contribution < -0.4 is 14.8 Å². The maximum atomic E-state index is 12.6. The zero-order valence-electron chi connectivity index (χ0n) is 12.2. The Morgan fingerprint density at radius 1 is 1.27 bits per heavy atom. The van der Waals surface area contributed by atoms with Crippen LogP contribution in [0.2, 0.25) is 0 Å². The Morgan fingerprint density at radius 2 is 1.91 bits per heavy atom. The van der Waals surface area contributed by atoms with Crippen LogP contribution in [-0.4, -0.2) is 33.7 Å². The average molecular weight is 412 g/mol. The van der Waals surface area contributed by atoms with E-state index in [9.17, 15) is 8.42 Å². The van der Waals surface area contributed by atoms with Gasteiger partial charge < -0.3 is 10.1 Å². The van der Waals surface area contributed by atoms with E-state index in [1.807, 2.05) is 0 Å². The zero-order chi connectivity index (χ0) is 15.0. The Kier molecular flexibility index (Phi) is 5.77. The Bertz CT molecular complexity index is 629. The van der Waals surface area contributed by atoms with Gasteiger partial charge in [-0.25, -0.2) is 13.1 Å². The maximum Gasteiger partial charge on any atom is 0.241 e. The molecule has 2 fully saturated rings. The van der Waals surface area contributed by atoms with E-state index >= 15 is 0 Å². The molecule has 2 heterocycles. The van der Waals surface area contributed by atoms with Crippen LogP contribution >= 0.6 is 28.3 Å². The minimum atomic E-state index is -3.51. The first-order valence-electron chi connectivity index (χ1n) is 7.10. The second kappa shape index (κ2) is 7.05. The number of ether oxygens (including phenoxy) is 1. The Balaban J connectivity index is 0.00000176. The van der Waals surface area contributed by atoms with Crippen LogP contribution in [0.1, 0.15) is 25.7 Å². The highest BCUT2D eigenvalue weighted by Gasteiger charge is 2.35. The fraction of sp³-hybridized carbons (Fsp3) is 0.571. The summed E-state index contributed by atoms with van der Waals surface area (Å²) in [7, 11) is -1.96. The minimum Gasteiger partial charge on any atom is -0.497 e. The molecular weight excluding hydrogens is 392 g/mol. The van der Waals surface area contributed by atoms with Gasteiger partial charge in [0, 0.05) is 22.6 Å². The number of hydrogen-bond acceptors (Lipinski definition) is 4. The lowest BCUT2D eigenvalue weighted by Crippen LogP contribution is -2.47. The van der Waals surface area contributed by atoms with Crippen LogP contribution in [0.4, 0.5) is 0 Å². The van der Waals surface area contributed by atoms with E-state index in [0.717, 1.165) is 25.7 Å². The average Bonchev–Trinajstić information content (AvgIpc) is 2.77. The number of rotatable bonds is 4. The molecule has 2 N–H and O–H groups in total. The molecule has 0 spiro atoms. The highest BCUT2D eigenvalue weighted by atomic mass is 79.9. The first kappa shape index (κ1) is 18.0. The number of nitrogens with one attached hydrogen (secondary N) is 2. The highest BCUT2D eigenvalue weighted by Crippen LogP contribution is 2.30. The van der Waals surface area contributed by atoms with Gasteiger partial charge in [0.1, 0.15) is 5.75 Å². The van der Waals surface area contributed by atoms with Gasteiger partial charge in [0.25, 0.3) is 0 Å². The predicted molar refractivity (Wildman–Crippen MR) is 91.2 cm³/mol. The van der Waals surface area contributed by atoms with E-state index in [-0.39, 0.29) is 23.3 Å². The normalized spacial score (nSPS) is 27.3. The Labute approximate surface area is 145 Å². The summed E-state index contributed by atoms with van der Waals surface area (Å²) in [5.41, 5.74) is 0. The summed E-state index contributed by atoms with van der Waals surface area (Å²) in [5.74, 6) is 0.626. The molecule has 22 heavy (non-hydrogen) atoms. The summed E-state index contributed by atoms with van der Waals surface area (Å²) in [4.78, 5) is 0.258. The van der Waals surface area contributed by atoms with Crippen molar-refractivity contribution < 1.29 is 13.2 Å². The molecular formula is C14H20BrClN2O3S. The number of hydrogen-bond donors (Lipinski definition) is 2. The summed E-state index contributed by atoms with van der Waals surface area (Å²) in [5, 5.41) is 3.51. The van der Waals surface area contributed by atoms with Crippen LogP contribution in [0, 0.1) is 0 Å². The molecule has 2 bridgehead atoms. The van der Waals surface area contributed by atoms with Gasteiger partial charge in [-0.2, -0.15) is 0 Å². The molecule has 2 aliphatic rings. The van der Waals surface area contributed by atoms with Gasteiger partial charge in [-0.1, -0.05) is 0 Å². The largest absolute Gasteiger partial charge is 0.497 e. The number of piperidine rings is 1. The monoisotopic (exact) mass is 410 g/mol. The first-order valence-corrected chi connectivity index (χ1v) is 9.37. The van der Waals surface area contributed by atoms with Gasteiger partial charge in [0.15, 0.2) is 0 Å². The highest BCUT2D eigenvalue weighted by molar-refractivity contribution is 9.10. The van der Waals surface area contributed by atoms with Crippen molar-refractivity contribution in [2.24, 2.45) is 0 Å². The van der Waals surface area contributed by atoms with Crippen LogP contribution in [0.5, 0.6) is 5.75 Å². The summed E-state index contributed by atoms with van der Waals surface area (Å²) >= 11 is 3.31. The van der Waals surface area contributed by atoms with Gasteiger partial charge >= 0.3 is 0 Å². The first-order chi connectivity index (χ1) is 9.98. The maximum absolute atomic E-state index is 12.6. The minimum absolute atomic E-state index is 0.